The highest BCUT2D eigenvalue weighted by Gasteiger charge is 2.43. The Bertz CT molecular complexity index is 235. The molecule has 0 aromatic heterocycles. The van der Waals surface area contributed by atoms with Crippen LogP contribution in [0.15, 0.2) is 0 Å². The molecule has 1 fully saturated rings. The second kappa shape index (κ2) is 4.86. The minimum absolute atomic E-state index is 0.462. The third-order valence-corrected chi connectivity index (χ3v) is 2.27. The Morgan fingerprint density at radius 2 is 1.93 bits per heavy atom. The summed E-state index contributed by atoms with van der Waals surface area (Å²) < 4.78 is 4.81. The van der Waals surface area contributed by atoms with Gasteiger partial charge < -0.3 is 30.5 Å². The zero-order valence-corrected chi connectivity index (χ0v) is 8.20. The molecule has 1 amide bonds. The fourth-order valence-corrected chi connectivity index (χ4v) is 1.49. The highest BCUT2D eigenvalue weighted by molar-refractivity contribution is 5.73. The van der Waals surface area contributed by atoms with E-state index in [1.807, 2.05) is 0 Å². The maximum Gasteiger partial charge on any atom is 0.217 e. The summed E-state index contributed by atoms with van der Waals surface area (Å²) in [5.74, 6) is -0.462. The fraction of sp³-hybridized carbons (Fsp3) is 0.875. The summed E-state index contributed by atoms with van der Waals surface area (Å²) in [6, 6.07) is -1.10. The Morgan fingerprint density at radius 3 is 2.40 bits per heavy atom. The summed E-state index contributed by atoms with van der Waals surface area (Å²) in [7, 11) is 0. The Balaban J connectivity index is 2.70. The zero-order valence-electron chi connectivity index (χ0n) is 8.20. The van der Waals surface area contributed by atoms with Crippen LogP contribution >= 0.6 is 0 Å². The number of aliphatic hydroxyl groups excluding tert-OH is 4. The maximum atomic E-state index is 10.7. The Labute approximate surface area is 86.3 Å². The van der Waals surface area contributed by atoms with Crippen LogP contribution in [-0.2, 0) is 9.53 Å². The van der Waals surface area contributed by atoms with Crippen molar-refractivity contribution in [2.75, 3.05) is 6.61 Å². The quantitative estimate of drug-likeness (QED) is 0.345. The van der Waals surface area contributed by atoms with Gasteiger partial charge in [0.2, 0.25) is 5.91 Å². The van der Waals surface area contributed by atoms with Crippen LogP contribution in [0.25, 0.3) is 0 Å². The van der Waals surface area contributed by atoms with Gasteiger partial charge in [-0.25, -0.2) is 0 Å². The lowest BCUT2D eigenvalue weighted by atomic mass is 10.8. The number of ether oxygens (including phenoxy) is 1. The van der Waals surface area contributed by atoms with Crippen molar-refractivity contribution in [3.8, 4) is 0 Å². The van der Waals surface area contributed by atoms with Crippen LogP contribution in [0.5, 0.6) is 0 Å². The standard InChI is InChI=1S/C8H15NO6/c1-3(11)9-5-7(13)6(12)4(2-10)15-8(5)14/h4-8,10,12-14H,2H2,1H3,(H,9,11)/t4-,5-,6-,7-,8-/m1/s1/i2+2,4+2,5+2,6+2,7+2,8+2. The number of hydrogen-bond donors (Lipinski definition) is 5. The van der Waals surface area contributed by atoms with Gasteiger partial charge in [0.05, 0.1) is 6.61 Å². The van der Waals surface area contributed by atoms with Crippen LogP contribution < -0.4 is 5.32 Å². The van der Waals surface area contributed by atoms with Crippen LogP contribution in [0, 0.1) is 0 Å². The van der Waals surface area contributed by atoms with E-state index >= 15 is 0 Å². The molecule has 7 heteroatoms. The highest BCUT2D eigenvalue weighted by Crippen LogP contribution is 2.19. The molecule has 1 aliphatic heterocycles. The van der Waals surface area contributed by atoms with E-state index in [4.69, 9.17) is 9.84 Å². The first-order valence-electron chi connectivity index (χ1n) is 4.55. The molecular weight excluding hydrogens is 218 g/mol. The minimum atomic E-state index is -1.45. The Hall–Kier alpha value is -0.730. The first kappa shape index (κ1) is 12.3. The maximum absolute atomic E-state index is 10.7. The van der Waals surface area contributed by atoms with E-state index < -0.39 is 43.2 Å². The van der Waals surface area contributed by atoms with Gasteiger partial charge in [0.15, 0.2) is 6.29 Å². The van der Waals surface area contributed by atoms with Crippen molar-refractivity contribution in [2.45, 2.75) is 37.6 Å². The van der Waals surface area contributed by atoms with Gasteiger partial charge in [-0.2, -0.15) is 0 Å². The van der Waals surface area contributed by atoms with E-state index in [1.165, 1.54) is 6.92 Å². The largest absolute Gasteiger partial charge is 0.394 e. The molecular formula is C8H15NO6. The van der Waals surface area contributed by atoms with E-state index in [-0.39, 0.29) is 0 Å². The van der Waals surface area contributed by atoms with Gasteiger partial charge in [-0.05, 0) is 0 Å². The minimum Gasteiger partial charge on any atom is -0.394 e. The van der Waals surface area contributed by atoms with Gasteiger partial charge in [-0.15, -0.1) is 0 Å². The summed E-state index contributed by atoms with van der Waals surface area (Å²) in [6.45, 7) is 0.687. The summed E-state index contributed by atoms with van der Waals surface area (Å²) in [4.78, 5) is 10.7. The van der Waals surface area contributed by atoms with Gasteiger partial charge in [0.25, 0.3) is 0 Å². The third kappa shape index (κ3) is 2.64. The van der Waals surface area contributed by atoms with E-state index in [2.05, 4.69) is 5.32 Å². The summed E-state index contributed by atoms with van der Waals surface area (Å²) >= 11 is 0. The molecule has 5 atom stereocenters. The number of carbonyl (C=O) groups excluding carboxylic acids is 1. The van der Waals surface area contributed by atoms with Crippen LogP contribution in [0.2, 0.25) is 0 Å². The predicted octanol–water partition coefficient (Wildman–Crippen LogP) is -3.08. The lowest BCUT2D eigenvalue weighted by Gasteiger charge is -2.40. The van der Waals surface area contributed by atoms with Gasteiger partial charge >= 0.3 is 0 Å². The molecule has 0 bridgehead atoms. The molecule has 0 aromatic carbocycles. The Morgan fingerprint density at radius 1 is 1.33 bits per heavy atom. The van der Waals surface area contributed by atoms with E-state index in [0.29, 0.717) is 0 Å². The normalized spacial score (nSPS) is 41.3. The average Bonchev–Trinajstić information content (AvgIpc) is 2.18. The average molecular weight is 233 g/mol. The molecule has 1 aliphatic rings. The number of hydrogen-bond acceptors (Lipinski definition) is 6. The molecule has 15 heavy (non-hydrogen) atoms. The molecule has 1 heterocycles. The number of rotatable bonds is 2. The molecule has 0 spiro atoms. The van der Waals surface area contributed by atoms with Crippen molar-refractivity contribution in [2.24, 2.45) is 0 Å². The molecule has 1 rings (SSSR count). The molecule has 0 aliphatic carbocycles. The Kier molecular flexibility index (Phi) is 4.00. The van der Waals surface area contributed by atoms with Crippen molar-refractivity contribution in [1.29, 1.82) is 0 Å². The van der Waals surface area contributed by atoms with Crippen molar-refractivity contribution in [1.82, 2.24) is 5.32 Å². The van der Waals surface area contributed by atoms with E-state index in [1.54, 1.807) is 0 Å². The molecule has 0 saturated carbocycles. The van der Waals surface area contributed by atoms with E-state index in [0.717, 1.165) is 0 Å². The molecule has 0 radical (unpaired) electrons. The van der Waals surface area contributed by atoms with Crippen LogP contribution in [0.1, 0.15) is 6.92 Å². The van der Waals surface area contributed by atoms with Crippen molar-refractivity contribution < 1.29 is 30.0 Å². The molecule has 1 saturated heterocycles. The summed E-state index contributed by atoms with van der Waals surface area (Å²) in [5.41, 5.74) is 0. The molecule has 88 valence electrons. The summed E-state index contributed by atoms with van der Waals surface area (Å²) in [6.07, 6.45) is -5.24. The smallest absolute Gasteiger partial charge is 0.217 e. The van der Waals surface area contributed by atoms with Crippen molar-refractivity contribution in [3.05, 3.63) is 0 Å². The van der Waals surface area contributed by atoms with Crippen LogP contribution in [0.4, 0.5) is 0 Å². The lowest BCUT2D eigenvalue weighted by molar-refractivity contribution is -0.253. The molecule has 0 aromatic rings. The molecule has 7 nitrogen and oxygen atoms in total. The van der Waals surface area contributed by atoms with Crippen LogP contribution in [0.3, 0.4) is 0 Å². The number of amides is 1. The van der Waals surface area contributed by atoms with Gasteiger partial charge in [0.1, 0.15) is 24.4 Å². The lowest BCUT2D eigenvalue weighted by Crippen LogP contribution is -2.63. The summed E-state index contributed by atoms with van der Waals surface area (Å²) in [5, 5.41) is 39.4. The predicted molar refractivity (Wildman–Crippen MR) is 47.6 cm³/mol. The van der Waals surface area contributed by atoms with Crippen LogP contribution in [-0.4, -0.2) is 63.6 Å². The molecule has 0 unspecified atom stereocenters. The number of aliphatic hydroxyl groups is 4. The zero-order chi connectivity index (χ0) is 11.6. The van der Waals surface area contributed by atoms with Crippen molar-refractivity contribution in [3.63, 3.8) is 0 Å². The first-order valence-corrected chi connectivity index (χ1v) is 4.55. The van der Waals surface area contributed by atoms with Gasteiger partial charge in [-0.3, -0.25) is 4.79 Å². The fourth-order valence-electron chi connectivity index (χ4n) is 1.49. The van der Waals surface area contributed by atoms with Crippen molar-refractivity contribution >= 4 is 5.91 Å². The number of carbonyl (C=O) groups is 1. The van der Waals surface area contributed by atoms with Gasteiger partial charge in [0, 0.05) is 6.92 Å². The van der Waals surface area contributed by atoms with Gasteiger partial charge in [-0.1, -0.05) is 0 Å². The number of nitrogens with one attached hydrogen (secondary N) is 1. The second-order valence-corrected chi connectivity index (χ2v) is 3.46. The monoisotopic (exact) mass is 233 g/mol. The third-order valence-electron chi connectivity index (χ3n) is 2.27. The second-order valence-electron chi connectivity index (χ2n) is 3.46. The molecule has 5 N–H and O–H groups in total. The van der Waals surface area contributed by atoms with E-state index in [9.17, 15) is 20.1 Å². The first-order chi connectivity index (χ1) is 6.97. The SMILES string of the molecule is CC(=O)N[14C@@H]1[14C@@H](O)[14C@H](O)[14C@@H]([14CH2]O)O[14C@H]1O. The highest BCUT2D eigenvalue weighted by atomic mass is 17.1. The topological polar surface area (TPSA) is 119 Å².